The molecule has 0 saturated heterocycles. The summed E-state index contributed by atoms with van der Waals surface area (Å²) in [4.78, 5) is 0. The Morgan fingerprint density at radius 2 is 2.00 bits per heavy atom. The van der Waals surface area contributed by atoms with Crippen molar-refractivity contribution in [2.45, 2.75) is 39.5 Å². The Kier molecular flexibility index (Phi) is 7.53. The van der Waals surface area contributed by atoms with Crippen LogP contribution in [0.4, 0.5) is 0 Å². The van der Waals surface area contributed by atoms with Crippen LogP contribution in [0.3, 0.4) is 0 Å². The van der Waals surface area contributed by atoms with Crippen molar-refractivity contribution in [2.24, 2.45) is 0 Å². The van der Waals surface area contributed by atoms with Gasteiger partial charge < -0.3 is 15.8 Å². The van der Waals surface area contributed by atoms with Crippen molar-refractivity contribution in [1.82, 2.24) is 0 Å². The topological polar surface area (TPSA) is 53.5 Å². The van der Waals surface area contributed by atoms with Crippen LogP contribution in [0.5, 0.6) is 5.75 Å². The standard InChI is InChI=1S/C16H28N2O/c1-13(2)15-7-6-14(3)16(12-15)19-11-5-4-9-18-10-8-17/h6-7,12-13,18H,4-5,8-11,17H2,1-3H3/p+2. The molecule has 0 bridgehead atoms. The number of aryl methyl sites for hydroxylation is 1. The molecule has 0 fully saturated rings. The Bertz CT molecular complexity index is 364. The summed E-state index contributed by atoms with van der Waals surface area (Å²) in [6.45, 7) is 10.7. The maximum absolute atomic E-state index is 5.91. The van der Waals surface area contributed by atoms with E-state index in [1.54, 1.807) is 0 Å². The highest BCUT2D eigenvalue weighted by Crippen LogP contribution is 2.24. The molecule has 0 atom stereocenters. The van der Waals surface area contributed by atoms with Gasteiger partial charge in [-0.3, -0.25) is 0 Å². The minimum absolute atomic E-state index is 0.556. The molecule has 0 amide bonds. The molecular weight excluding hydrogens is 236 g/mol. The molecule has 3 nitrogen and oxygen atoms in total. The van der Waals surface area contributed by atoms with Crippen LogP contribution in [-0.2, 0) is 0 Å². The largest absolute Gasteiger partial charge is 0.493 e. The molecule has 1 aromatic rings. The Morgan fingerprint density at radius 1 is 1.21 bits per heavy atom. The molecule has 0 saturated carbocycles. The van der Waals surface area contributed by atoms with Gasteiger partial charge in [-0.25, -0.2) is 0 Å². The summed E-state index contributed by atoms with van der Waals surface area (Å²) in [5.41, 5.74) is 6.42. The zero-order valence-electron chi connectivity index (χ0n) is 12.7. The summed E-state index contributed by atoms with van der Waals surface area (Å²) in [7, 11) is 0. The fraction of sp³-hybridized carbons (Fsp3) is 0.625. The first kappa shape index (κ1) is 16.0. The van der Waals surface area contributed by atoms with Gasteiger partial charge in [0.1, 0.15) is 18.8 Å². The van der Waals surface area contributed by atoms with Gasteiger partial charge in [0.2, 0.25) is 0 Å². The number of quaternary nitrogens is 2. The minimum Gasteiger partial charge on any atom is -0.493 e. The molecule has 0 aliphatic rings. The van der Waals surface area contributed by atoms with Gasteiger partial charge in [-0.05, 0) is 42.9 Å². The molecule has 1 rings (SSSR count). The normalized spacial score (nSPS) is 11.0. The second-order valence-corrected chi connectivity index (χ2v) is 5.45. The van der Waals surface area contributed by atoms with Crippen LogP contribution in [0.1, 0.15) is 43.7 Å². The number of unbranched alkanes of at least 4 members (excludes halogenated alkanes) is 1. The molecule has 3 heteroatoms. The van der Waals surface area contributed by atoms with E-state index in [9.17, 15) is 0 Å². The van der Waals surface area contributed by atoms with E-state index in [1.165, 1.54) is 24.1 Å². The molecule has 0 aliphatic carbocycles. The lowest BCUT2D eigenvalue weighted by molar-refractivity contribution is -0.670. The van der Waals surface area contributed by atoms with Crippen LogP contribution in [0.15, 0.2) is 18.2 Å². The molecule has 1 aromatic carbocycles. The minimum atomic E-state index is 0.556. The maximum Gasteiger partial charge on any atom is 0.125 e. The molecule has 108 valence electrons. The van der Waals surface area contributed by atoms with Crippen LogP contribution >= 0.6 is 0 Å². The van der Waals surface area contributed by atoms with Gasteiger partial charge in [0, 0.05) is 0 Å². The Morgan fingerprint density at radius 3 is 2.68 bits per heavy atom. The first-order valence-corrected chi connectivity index (χ1v) is 7.49. The number of nitrogens with two attached hydrogens (primary N) is 1. The molecule has 0 aliphatic heterocycles. The van der Waals surface area contributed by atoms with Crippen LogP contribution in [0.25, 0.3) is 0 Å². The quantitative estimate of drug-likeness (QED) is 0.646. The second-order valence-electron chi connectivity index (χ2n) is 5.45. The third-order valence-corrected chi connectivity index (χ3v) is 3.35. The van der Waals surface area contributed by atoms with E-state index in [1.807, 2.05) is 0 Å². The van der Waals surface area contributed by atoms with Crippen LogP contribution in [0.2, 0.25) is 0 Å². The summed E-state index contributed by atoms with van der Waals surface area (Å²) in [5, 5.41) is 2.33. The molecule has 0 unspecified atom stereocenters. The van der Waals surface area contributed by atoms with E-state index in [2.05, 4.69) is 50.0 Å². The first-order valence-electron chi connectivity index (χ1n) is 7.49. The predicted molar refractivity (Wildman–Crippen MR) is 79.4 cm³/mol. The average molecular weight is 266 g/mol. The van der Waals surface area contributed by atoms with Gasteiger partial charge in [0.25, 0.3) is 0 Å². The maximum atomic E-state index is 5.91. The predicted octanol–water partition coefficient (Wildman–Crippen LogP) is 1.08. The van der Waals surface area contributed by atoms with Crippen molar-refractivity contribution in [2.75, 3.05) is 26.2 Å². The van der Waals surface area contributed by atoms with Gasteiger partial charge >= 0.3 is 0 Å². The van der Waals surface area contributed by atoms with Gasteiger partial charge in [-0.2, -0.15) is 0 Å². The Labute approximate surface area is 117 Å². The van der Waals surface area contributed by atoms with Crippen LogP contribution < -0.4 is 15.8 Å². The van der Waals surface area contributed by atoms with Crippen molar-refractivity contribution in [3.05, 3.63) is 29.3 Å². The zero-order chi connectivity index (χ0) is 14.1. The fourth-order valence-corrected chi connectivity index (χ4v) is 1.99. The third-order valence-electron chi connectivity index (χ3n) is 3.35. The number of hydrogen-bond acceptors (Lipinski definition) is 1. The Balaban J connectivity index is 2.30. The Hall–Kier alpha value is -1.06. The lowest BCUT2D eigenvalue weighted by Gasteiger charge is -2.12. The highest BCUT2D eigenvalue weighted by Gasteiger charge is 2.04. The van der Waals surface area contributed by atoms with E-state index >= 15 is 0 Å². The lowest BCUT2D eigenvalue weighted by atomic mass is 10.0. The van der Waals surface area contributed by atoms with E-state index in [-0.39, 0.29) is 0 Å². The molecule has 0 aromatic heterocycles. The monoisotopic (exact) mass is 266 g/mol. The summed E-state index contributed by atoms with van der Waals surface area (Å²) in [6, 6.07) is 6.54. The second kappa shape index (κ2) is 8.94. The van der Waals surface area contributed by atoms with E-state index < -0.39 is 0 Å². The summed E-state index contributed by atoms with van der Waals surface area (Å²) in [5.74, 6) is 1.60. The molecule has 0 radical (unpaired) electrons. The summed E-state index contributed by atoms with van der Waals surface area (Å²) >= 11 is 0. The molecule has 5 N–H and O–H groups in total. The third kappa shape index (κ3) is 6.08. The van der Waals surface area contributed by atoms with Crippen LogP contribution in [0, 0.1) is 6.92 Å². The van der Waals surface area contributed by atoms with Crippen LogP contribution in [-0.4, -0.2) is 26.2 Å². The number of rotatable bonds is 9. The van der Waals surface area contributed by atoms with Gasteiger partial charge in [-0.15, -0.1) is 0 Å². The highest BCUT2D eigenvalue weighted by molar-refractivity contribution is 5.37. The molecule has 19 heavy (non-hydrogen) atoms. The lowest BCUT2D eigenvalue weighted by Crippen LogP contribution is -2.88. The van der Waals surface area contributed by atoms with E-state index in [4.69, 9.17) is 4.74 Å². The SMILES string of the molecule is Cc1ccc(C(C)C)cc1OCCCC[NH2+]CC[NH3+]. The fourth-order valence-electron chi connectivity index (χ4n) is 1.99. The number of hydrogen-bond donors (Lipinski definition) is 2. The van der Waals surface area contributed by atoms with Crippen molar-refractivity contribution < 1.29 is 15.8 Å². The van der Waals surface area contributed by atoms with Gasteiger partial charge in [0.15, 0.2) is 0 Å². The van der Waals surface area contributed by atoms with Gasteiger partial charge in [0.05, 0.1) is 13.2 Å². The average Bonchev–Trinajstić information content (AvgIpc) is 2.39. The highest BCUT2D eigenvalue weighted by atomic mass is 16.5. The van der Waals surface area contributed by atoms with Crippen molar-refractivity contribution in [1.29, 1.82) is 0 Å². The smallest absolute Gasteiger partial charge is 0.125 e. The summed E-state index contributed by atoms with van der Waals surface area (Å²) in [6.07, 6.45) is 2.34. The van der Waals surface area contributed by atoms with Crippen molar-refractivity contribution in [3.63, 3.8) is 0 Å². The van der Waals surface area contributed by atoms with Gasteiger partial charge in [-0.1, -0.05) is 26.0 Å². The van der Waals surface area contributed by atoms with E-state index in [0.717, 1.165) is 31.9 Å². The summed E-state index contributed by atoms with van der Waals surface area (Å²) < 4.78 is 5.91. The first-order chi connectivity index (χ1) is 9.15. The van der Waals surface area contributed by atoms with E-state index in [0.29, 0.717) is 5.92 Å². The molecule has 0 spiro atoms. The molecule has 0 heterocycles. The van der Waals surface area contributed by atoms with Crippen molar-refractivity contribution in [3.8, 4) is 5.75 Å². The number of benzene rings is 1. The zero-order valence-corrected chi connectivity index (χ0v) is 12.7. The van der Waals surface area contributed by atoms with Crippen molar-refractivity contribution >= 4 is 0 Å². The molecular formula is C16H30N2O+2. The number of ether oxygens (including phenoxy) is 1.